The highest BCUT2D eigenvalue weighted by atomic mass is 16.3. The van der Waals surface area contributed by atoms with Gasteiger partial charge in [-0.2, -0.15) is 0 Å². The molecule has 0 bridgehead atoms. The molecule has 0 saturated carbocycles. The van der Waals surface area contributed by atoms with Crippen LogP contribution in [-0.4, -0.2) is 40.3 Å². The quantitative estimate of drug-likeness (QED) is 0.717. The highest BCUT2D eigenvalue weighted by Crippen LogP contribution is 2.20. The topological polar surface area (TPSA) is 77.1 Å². The number of anilines is 3. The minimum atomic E-state index is 0.0752. The summed E-state index contributed by atoms with van der Waals surface area (Å²) < 4.78 is 0. The van der Waals surface area contributed by atoms with Crippen LogP contribution in [0.4, 0.5) is 17.5 Å². The minimum Gasteiger partial charge on any atom is -0.395 e. The molecule has 0 amide bonds. The van der Waals surface area contributed by atoms with Gasteiger partial charge in [0.2, 0.25) is 0 Å². The summed E-state index contributed by atoms with van der Waals surface area (Å²) in [6.07, 6.45) is 3.35. The van der Waals surface area contributed by atoms with Gasteiger partial charge in [0, 0.05) is 25.9 Å². The first kappa shape index (κ1) is 11.4. The van der Waals surface area contributed by atoms with Crippen LogP contribution in [-0.2, 0) is 0 Å². The van der Waals surface area contributed by atoms with Crippen molar-refractivity contribution in [2.45, 2.75) is 0 Å². The molecule has 17 heavy (non-hydrogen) atoms. The molecule has 0 fully saturated rings. The maximum Gasteiger partial charge on any atom is 0.139 e. The fourth-order valence-electron chi connectivity index (χ4n) is 1.46. The monoisotopic (exact) mass is 233 g/mol. The zero-order valence-electron chi connectivity index (χ0n) is 9.59. The van der Waals surface area contributed by atoms with Gasteiger partial charge in [-0.1, -0.05) is 0 Å². The van der Waals surface area contributed by atoms with Crippen molar-refractivity contribution in [2.75, 3.05) is 30.4 Å². The van der Waals surface area contributed by atoms with Crippen molar-refractivity contribution >= 4 is 17.5 Å². The Kier molecular flexibility index (Phi) is 3.56. The zero-order chi connectivity index (χ0) is 12.1. The molecule has 0 unspecified atom stereocenters. The van der Waals surface area contributed by atoms with E-state index in [0.29, 0.717) is 12.4 Å². The Morgan fingerprint density at radius 3 is 3.06 bits per heavy atom. The normalized spacial score (nSPS) is 10.2. The number of H-pyrrole nitrogens is 1. The Balaban J connectivity index is 2.15. The molecule has 2 aromatic rings. The lowest BCUT2D eigenvalue weighted by molar-refractivity contribution is 0.311. The van der Waals surface area contributed by atoms with E-state index in [9.17, 15) is 0 Å². The summed E-state index contributed by atoms with van der Waals surface area (Å²) in [4.78, 5) is 13.3. The van der Waals surface area contributed by atoms with Crippen LogP contribution in [0.2, 0.25) is 0 Å². The fourth-order valence-corrected chi connectivity index (χ4v) is 1.46. The zero-order valence-corrected chi connectivity index (χ0v) is 9.59. The van der Waals surface area contributed by atoms with Crippen molar-refractivity contribution in [2.24, 2.45) is 0 Å². The van der Waals surface area contributed by atoms with Crippen molar-refractivity contribution < 1.29 is 5.11 Å². The van der Waals surface area contributed by atoms with Crippen LogP contribution in [0, 0.1) is 0 Å². The molecule has 6 heteroatoms. The van der Waals surface area contributed by atoms with E-state index in [-0.39, 0.29) is 6.61 Å². The number of aromatic amines is 1. The summed E-state index contributed by atoms with van der Waals surface area (Å²) in [5.41, 5.74) is 0. The Hall–Kier alpha value is -2.08. The number of aliphatic hydroxyl groups is 1. The van der Waals surface area contributed by atoms with Gasteiger partial charge >= 0.3 is 0 Å². The van der Waals surface area contributed by atoms with Crippen LogP contribution < -0.4 is 10.2 Å². The standard InChI is InChI=1S/C11H15N5O/c1-16(10-3-2-4-13-10)11-7-9(12-5-6-17)14-8-15-11/h2-4,7-8,13,17H,5-6H2,1H3,(H,12,14,15). The molecule has 0 aliphatic heterocycles. The van der Waals surface area contributed by atoms with Crippen molar-refractivity contribution in [3.8, 4) is 0 Å². The Labute approximate surface area is 99.3 Å². The van der Waals surface area contributed by atoms with Crippen LogP contribution in [0.1, 0.15) is 0 Å². The second-order valence-corrected chi connectivity index (χ2v) is 3.53. The molecule has 2 aromatic heterocycles. The largest absolute Gasteiger partial charge is 0.395 e. The first-order chi connectivity index (χ1) is 8.31. The summed E-state index contributed by atoms with van der Waals surface area (Å²) in [5, 5.41) is 11.7. The molecular weight excluding hydrogens is 218 g/mol. The summed E-state index contributed by atoms with van der Waals surface area (Å²) in [7, 11) is 1.92. The van der Waals surface area contributed by atoms with Crippen LogP contribution >= 0.6 is 0 Å². The molecule has 2 rings (SSSR count). The predicted molar refractivity (Wildman–Crippen MR) is 66.5 cm³/mol. The van der Waals surface area contributed by atoms with Crippen LogP contribution in [0.25, 0.3) is 0 Å². The third-order valence-corrected chi connectivity index (χ3v) is 2.36. The first-order valence-corrected chi connectivity index (χ1v) is 5.35. The van der Waals surface area contributed by atoms with Gasteiger partial charge in [0.15, 0.2) is 0 Å². The van der Waals surface area contributed by atoms with Gasteiger partial charge in [0.05, 0.1) is 6.61 Å². The highest BCUT2D eigenvalue weighted by Gasteiger charge is 2.06. The third-order valence-electron chi connectivity index (χ3n) is 2.36. The lowest BCUT2D eigenvalue weighted by Crippen LogP contribution is -2.13. The van der Waals surface area contributed by atoms with Crippen LogP contribution in [0.3, 0.4) is 0 Å². The number of hydrogen-bond acceptors (Lipinski definition) is 5. The van der Waals surface area contributed by atoms with E-state index in [2.05, 4.69) is 20.3 Å². The summed E-state index contributed by atoms with van der Waals surface area (Å²) in [6.45, 7) is 0.550. The first-order valence-electron chi connectivity index (χ1n) is 5.35. The molecule has 6 nitrogen and oxygen atoms in total. The van der Waals surface area contributed by atoms with E-state index in [1.165, 1.54) is 6.33 Å². The van der Waals surface area contributed by atoms with E-state index in [1.807, 2.05) is 36.3 Å². The number of aliphatic hydroxyl groups excluding tert-OH is 1. The molecule has 0 aliphatic rings. The van der Waals surface area contributed by atoms with E-state index in [0.717, 1.165) is 11.6 Å². The summed E-state index contributed by atoms with van der Waals surface area (Å²) in [5.74, 6) is 2.43. The molecule has 0 atom stereocenters. The summed E-state index contributed by atoms with van der Waals surface area (Å²) in [6, 6.07) is 5.72. The maximum absolute atomic E-state index is 8.73. The Morgan fingerprint density at radius 2 is 2.35 bits per heavy atom. The van der Waals surface area contributed by atoms with Gasteiger partial charge in [-0.05, 0) is 12.1 Å². The van der Waals surface area contributed by atoms with Crippen molar-refractivity contribution in [3.05, 3.63) is 30.7 Å². The Bertz CT molecular complexity index is 457. The number of rotatable bonds is 5. The van der Waals surface area contributed by atoms with E-state index in [4.69, 9.17) is 5.11 Å². The smallest absolute Gasteiger partial charge is 0.139 e. The number of aromatic nitrogens is 3. The van der Waals surface area contributed by atoms with Crippen molar-refractivity contribution in [1.29, 1.82) is 0 Å². The van der Waals surface area contributed by atoms with Crippen molar-refractivity contribution in [1.82, 2.24) is 15.0 Å². The molecule has 0 aliphatic carbocycles. The maximum atomic E-state index is 8.73. The second kappa shape index (κ2) is 5.31. The molecular formula is C11H15N5O. The third kappa shape index (κ3) is 2.73. The summed E-state index contributed by atoms with van der Waals surface area (Å²) >= 11 is 0. The van der Waals surface area contributed by atoms with Gasteiger partial charge < -0.3 is 20.3 Å². The van der Waals surface area contributed by atoms with Gasteiger partial charge in [-0.25, -0.2) is 9.97 Å². The van der Waals surface area contributed by atoms with E-state index < -0.39 is 0 Å². The SMILES string of the molecule is CN(c1cc(NCCO)ncn1)c1ccc[nH]1. The molecule has 3 N–H and O–H groups in total. The highest BCUT2D eigenvalue weighted by molar-refractivity contribution is 5.58. The van der Waals surface area contributed by atoms with Gasteiger partial charge in [0.25, 0.3) is 0 Å². The van der Waals surface area contributed by atoms with Crippen molar-refractivity contribution in [3.63, 3.8) is 0 Å². The molecule has 2 heterocycles. The molecule has 0 spiro atoms. The second-order valence-electron chi connectivity index (χ2n) is 3.53. The fraction of sp³-hybridized carbons (Fsp3) is 0.273. The molecule has 0 radical (unpaired) electrons. The predicted octanol–water partition coefficient (Wildman–Crippen LogP) is 0.977. The van der Waals surface area contributed by atoms with Crippen LogP contribution in [0.5, 0.6) is 0 Å². The average Bonchev–Trinajstić information content (AvgIpc) is 2.89. The number of nitrogens with one attached hydrogen (secondary N) is 2. The molecule has 90 valence electrons. The lowest BCUT2D eigenvalue weighted by atomic mass is 10.4. The van der Waals surface area contributed by atoms with Gasteiger partial charge in [-0.3, -0.25) is 0 Å². The van der Waals surface area contributed by atoms with E-state index >= 15 is 0 Å². The van der Waals surface area contributed by atoms with E-state index in [1.54, 1.807) is 0 Å². The Morgan fingerprint density at radius 1 is 1.47 bits per heavy atom. The number of nitrogens with zero attached hydrogens (tertiary/aromatic N) is 3. The lowest BCUT2D eigenvalue weighted by Gasteiger charge is -2.16. The molecule has 0 saturated heterocycles. The van der Waals surface area contributed by atoms with Gasteiger partial charge in [0.1, 0.15) is 23.8 Å². The van der Waals surface area contributed by atoms with Crippen LogP contribution in [0.15, 0.2) is 30.7 Å². The number of hydrogen-bond donors (Lipinski definition) is 3. The minimum absolute atomic E-state index is 0.0752. The van der Waals surface area contributed by atoms with Gasteiger partial charge in [-0.15, -0.1) is 0 Å². The average molecular weight is 233 g/mol. The molecule has 0 aromatic carbocycles.